The third-order valence-electron chi connectivity index (χ3n) is 6.22. The van der Waals surface area contributed by atoms with Crippen LogP contribution in [0.15, 0.2) is 72.8 Å². The van der Waals surface area contributed by atoms with Crippen molar-refractivity contribution in [3.63, 3.8) is 0 Å². The van der Waals surface area contributed by atoms with Crippen LogP contribution in [0.3, 0.4) is 0 Å². The van der Waals surface area contributed by atoms with E-state index in [0.717, 1.165) is 24.1 Å². The lowest BCUT2D eigenvalue weighted by atomic mass is 9.92. The largest absolute Gasteiger partial charge is 0.497 e. The van der Waals surface area contributed by atoms with Gasteiger partial charge >= 0.3 is 0 Å². The monoisotopic (exact) mass is 427 g/mol. The molecule has 0 saturated heterocycles. The maximum atomic E-state index is 14.2. The molecular formula is C26H25N3O3. The molecule has 2 heterocycles. The molecular weight excluding hydrogens is 402 g/mol. The fraction of sp³-hybridized carbons (Fsp3) is 0.231. The molecule has 1 unspecified atom stereocenters. The van der Waals surface area contributed by atoms with Crippen molar-refractivity contribution in [2.75, 3.05) is 28.8 Å². The van der Waals surface area contributed by atoms with Crippen LogP contribution in [0, 0.1) is 0 Å². The first-order chi connectivity index (χ1) is 15.6. The number of carbonyl (C=O) groups excluding carboxylic acids is 2. The number of carbonyl (C=O) groups is 2. The average Bonchev–Trinajstić information content (AvgIpc) is 3.06. The fourth-order valence-electron chi connectivity index (χ4n) is 4.65. The molecule has 2 aliphatic heterocycles. The third kappa shape index (κ3) is 2.79. The first kappa shape index (κ1) is 20.1. The van der Waals surface area contributed by atoms with Gasteiger partial charge in [0.2, 0.25) is 5.66 Å². The zero-order valence-corrected chi connectivity index (χ0v) is 18.2. The molecule has 3 aromatic rings. The van der Waals surface area contributed by atoms with Crippen molar-refractivity contribution in [2.45, 2.75) is 25.4 Å². The summed E-state index contributed by atoms with van der Waals surface area (Å²) in [6.07, 6.45) is 1.85. The number of unbranched alkanes of at least 4 members (excludes halogenated alkanes) is 1. The summed E-state index contributed by atoms with van der Waals surface area (Å²) in [4.78, 5) is 31.5. The van der Waals surface area contributed by atoms with Crippen LogP contribution < -0.4 is 19.9 Å². The zero-order chi connectivity index (χ0) is 22.3. The van der Waals surface area contributed by atoms with Crippen LogP contribution in [0.25, 0.3) is 0 Å². The van der Waals surface area contributed by atoms with Crippen LogP contribution in [-0.2, 0) is 10.5 Å². The summed E-state index contributed by atoms with van der Waals surface area (Å²) in [5, 5.41) is 3.47. The normalized spacial score (nSPS) is 19.1. The molecule has 1 atom stereocenters. The Morgan fingerprint density at radius 2 is 1.66 bits per heavy atom. The summed E-state index contributed by atoms with van der Waals surface area (Å²) >= 11 is 0. The van der Waals surface area contributed by atoms with E-state index in [9.17, 15) is 9.59 Å². The van der Waals surface area contributed by atoms with E-state index in [0.29, 0.717) is 29.2 Å². The second-order valence-electron chi connectivity index (χ2n) is 8.05. The lowest BCUT2D eigenvalue weighted by Gasteiger charge is -2.45. The molecule has 3 aromatic carbocycles. The minimum Gasteiger partial charge on any atom is -0.497 e. The van der Waals surface area contributed by atoms with Crippen molar-refractivity contribution in [3.8, 4) is 5.75 Å². The number of fused-ring (bicyclic) bond motifs is 3. The predicted octanol–water partition coefficient (Wildman–Crippen LogP) is 4.77. The number of hydrogen-bond acceptors (Lipinski definition) is 4. The Balaban J connectivity index is 1.75. The standard InChI is InChI=1S/C26H25N3O3/c1-3-4-17-28-23-12-8-6-10-21(23)26(25(28)31)27-22-11-7-5-9-20(22)24(30)29(26)18-13-15-19(32-2)16-14-18/h5-16,27H,3-4,17H2,1-2H3. The van der Waals surface area contributed by atoms with E-state index in [4.69, 9.17) is 4.74 Å². The number of hydrogen-bond donors (Lipinski definition) is 1. The molecule has 6 nitrogen and oxygen atoms in total. The molecule has 0 fully saturated rings. The number of amides is 2. The van der Waals surface area contributed by atoms with Crippen LogP contribution in [0.1, 0.15) is 35.7 Å². The maximum Gasteiger partial charge on any atom is 0.279 e. The number of methoxy groups -OCH3 is 1. The van der Waals surface area contributed by atoms with E-state index in [1.54, 1.807) is 30.2 Å². The van der Waals surface area contributed by atoms with Crippen molar-refractivity contribution in [2.24, 2.45) is 0 Å². The van der Waals surface area contributed by atoms with E-state index in [-0.39, 0.29) is 11.8 Å². The van der Waals surface area contributed by atoms with Crippen molar-refractivity contribution in [1.82, 2.24) is 0 Å². The van der Waals surface area contributed by atoms with Gasteiger partial charge in [0.05, 0.1) is 18.4 Å². The number of benzene rings is 3. The second kappa shape index (κ2) is 7.71. The molecule has 0 bridgehead atoms. The molecule has 6 heteroatoms. The highest BCUT2D eigenvalue weighted by Gasteiger charge is 2.59. The number of nitrogens with one attached hydrogen (secondary N) is 1. The van der Waals surface area contributed by atoms with Crippen molar-refractivity contribution < 1.29 is 14.3 Å². The summed E-state index contributed by atoms with van der Waals surface area (Å²) in [6, 6.07) is 22.3. The van der Waals surface area contributed by atoms with E-state index >= 15 is 0 Å². The van der Waals surface area contributed by atoms with Crippen molar-refractivity contribution >= 4 is 28.9 Å². The van der Waals surface area contributed by atoms with E-state index in [2.05, 4.69) is 12.2 Å². The Hall–Kier alpha value is -3.80. The smallest absolute Gasteiger partial charge is 0.279 e. The topological polar surface area (TPSA) is 61.9 Å². The molecule has 1 N–H and O–H groups in total. The van der Waals surface area contributed by atoms with Gasteiger partial charge in [-0.15, -0.1) is 0 Å². The average molecular weight is 428 g/mol. The highest BCUT2D eigenvalue weighted by molar-refractivity contribution is 6.22. The molecule has 0 aliphatic carbocycles. The number of ether oxygens (including phenoxy) is 1. The maximum absolute atomic E-state index is 14.2. The summed E-state index contributed by atoms with van der Waals surface area (Å²) in [5.74, 6) is 0.319. The van der Waals surface area contributed by atoms with Gasteiger partial charge in [-0.2, -0.15) is 0 Å². The second-order valence-corrected chi connectivity index (χ2v) is 8.05. The van der Waals surface area contributed by atoms with Gasteiger partial charge in [-0.25, -0.2) is 0 Å². The number of rotatable bonds is 5. The first-order valence-corrected chi connectivity index (χ1v) is 10.9. The molecule has 0 radical (unpaired) electrons. The van der Waals surface area contributed by atoms with Crippen LogP contribution in [0.4, 0.5) is 17.1 Å². The third-order valence-corrected chi connectivity index (χ3v) is 6.22. The van der Waals surface area contributed by atoms with Gasteiger partial charge in [0.1, 0.15) is 5.75 Å². The Morgan fingerprint density at radius 3 is 2.41 bits per heavy atom. The first-order valence-electron chi connectivity index (χ1n) is 10.9. The molecule has 32 heavy (non-hydrogen) atoms. The summed E-state index contributed by atoms with van der Waals surface area (Å²) in [5.41, 5.74) is 2.07. The van der Waals surface area contributed by atoms with Crippen LogP contribution in [0.2, 0.25) is 0 Å². The van der Waals surface area contributed by atoms with Crippen molar-refractivity contribution in [1.29, 1.82) is 0 Å². The Kier molecular flexibility index (Phi) is 4.85. The zero-order valence-electron chi connectivity index (χ0n) is 18.2. The summed E-state index contributed by atoms with van der Waals surface area (Å²) in [7, 11) is 1.60. The fourth-order valence-corrected chi connectivity index (χ4v) is 4.65. The molecule has 1 spiro atoms. The minimum absolute atomic E-state index is 0.147. The van der Waals surface area contributed by atoms with Gasteiger partial charge in [-0.3, -0.25) is 14.5 Å². The highest BCUT2D eigenvalue weighted by atomic mass is 16.5. The molecule has 162 valence electrons. The van der Waals surface area contributed by atoms with Gasteiger partial charge in [0, 0.05) is 23.5 Å². The highest BCUT2D eigenvalue weighted by Crippen LogP contribution is 2.49. The lowest BCUT2D eigenvalue weighted by molar-refractivity contribution is -0.122. The summed E-state index contributed by atoms with van der Waals surface area (Å²) < 4.78 is 5.30. The molecule has 0 aromatic heterocycles. The van der Waals surface area contributed by atoms with Gasteiger partial charge in [-0.05, 0) is 48.9 Å². The Labute approximate surface area is 187 Å². The van der Waals surface area contributed by atoms with Crippen LogP contribution in [0.5, 0.6) is 5.75 Å². The van der Waals surface area contributed by atoms with E-state index in [1.165, 1.54) is 0 Å². The quantitative estimate of drug-likeness (QED) is 0.637. The molecule has 5 rings (SSSR count). The Morgan fingerprint density at radius 1 is 0.938 bits per heavy atom. The predicted molar refractivity (Wildman–Crippen MR) is 125 cm³/mol. The lowest BCUT2D eigenvalue weighted by Crippen LogP contribution is -2.63. The van der Waals surface area contributed by atoms with Crippen LogP contribution >= 0.6 is 0 Å². The SMILES string of the molecule is CCCCN1C(=O)C2(Nc3ccccc3C(=O)N2c2ccc(OC)cc2)c2ccccc21. The van der Waals surface area contributed by atoms with Gasteiger partial charge < -0.3 is 15.0 Å². The van der Waals surface area contributed by atoms with Gasteiger partial charge in [0.15, 0.2) is 0 Å². The van der Waals surface area contributed by atoms with E-state index < -0.39 is 5.66 Å². The number of nitrogens with zero attached hydrogens (tertiary/aromatic N) is 2. The van der Waals surface area contributed by atoms with Crippen molar-refractivity contribution in [3.05, 3.63) is 83.9 Å². The minimum atomic E-state index is -1.36. The molecule has 0 saturated carbocycles. The van der Waals surface area contributed by atoms with Gasteiger partial charge in [0.25, 0.3) is 11.8 Å². The molecule has 2 aliphatic rings. The Bertz CT molecular complexity index is 1190. The van der Waals surface area contributed by atoms with E-state index in [1.807, 2.05) is 59.5 Å². The number of anilines is 3. The van der Waals surface area contributed by atoms with Gasteiger partial charge in [-0.1, -0.05) is 43.7 Å². The molecule has 2 amide bonds. The number of para-hydroxylation sites is 2. The van der Waals surface area contributed by atoms with Crippen LogP contribution in [-0.4, -0.2) is 25.5 Å². The summed E-state index contributed by atoms with van der Waals surface area (Å²) in [6.45, 7) is 2.70.